The van der Waals surface area contributed by atoms with Crippen molar-refractivity contribution in [2.45, 2.75) is 6.42 Å². The summed E-state index contributed by atoms with van der Waals surface area (Å²) in [6, 6.07) is 5.81. The molecule has 1 aliphatic heterocycles. The fourth-order valence-corrected chi connectivity index (χ4v) is 1.18. The maximum Gasteiger partial charge on any atom is 0.124 e. The van der Waals surface area contributed by atoms with Crippen molar-refractivity contribution in [3.8, 4) is 5.75 Å². The van der Waals surface area contributed by atoms with Crippen LogP contribution in [0.3, 0.4) is 0 Å². The van der Waals surface area contributed by atoms with Crippen LogP contribution in [-0.4, -0.2) is 6.61 Å². The fraction of sp³-hybridized carbons (Fsp3) is 0.250. The predicted molar refractivity (Wildman–Crippen MR) is 47.3 cm³/mol. The molecule has 60 valence electrons. The van der Waals surface area contributed by atoms with Crippen LogP contribution in [0.25, 0.3) is 0 Å². The summed E-state index contributed by atoms with van der Waals surface area (Å²) in [4.78, 5) is 0. The van der Waals surface area contributed by atoms with E-state index in [1.807, 2.05) is 18.2 Å². The zero-order chi connectivity index (χ0) is 6.97. The van der Waals surface area contributed by atoms with E-state index in [9.17, 15) is 0 Å². The highest BCUT2D eigenvalue weighted by Crippen LogP contribution is 2.26. The Morgan fingerprint density at radius 1 is 1.36 bits per heavy atom. The van der Waals surface area contributed by atoms with Gasteiger partial charge in [-0.15, -0.1) is 12.4 Å². The van der Waals surface area contributed by atoms with Gasteiger partial charge in [0.2, 0.25) is 0 Å². The van der Waals surface area contributed by atoms with Crippen molar-refractivity contribution >= 4 is 18.1 Å². The van der Waals surface area contributed by atoms with E-state index in [-0.39, 0.29) is 12.4 Å². The molecule has 2 N–H and O–H groups in total. The van der Waals surface area contributed by atoms with Crippen LogP contribution in [0.2, 0.25) is 0 Å². The molecule has 1 aromatic rings. The maximum atomic E-state index is 5.55. The van der Waals surface area contributed by atoms with Gasteiger partial charge in [-0.2, -0.15) is 0 Å². The van der Waals surface area contributed by atoms with E-state index in [0.29, 0.717) is 0 Å². The van der Waals surface area contributed by atoms with Gasteiger partial charge in [0.15, 0.2) is 0 Å². The lowest BCUT2D eigenvalue weighted by Gasteiger charge is -1.98. The number of rotatable bonds is 0. The number of halogens is 1. The summed E-state index contributed by atoms with van der Waals surface area (Å²) in [6.07, 6.45) is 1.02. The first kappa shape index (κ1) is 8.21. The molecule has 11 heavy (non-hydrogen) atoms. The van der Waals surface area contributed by atoms with Gasteiger partial charge in [-0.05, 0) is 11.6 Å². The van der Waals surface area contributed by atoms with E-state index < -0.39 is 0 Å². The van der Waals surface area contributed by atoms with Crippen LogP contribution >= 0.6 is 12.4 Å². The number of hydrogen-bond acceptors (Lipinski definition) is 2. The molecular weight excluding hydrogens is 162 g/mol. The first-order valence-corrected chi connectivity index (χ1v) is 3.37. The first-order chi connectivity index (χ1) is 4.86. The molecule has 1 heterocycles. The Balaban J connectivity index is 0.000000605. The van der Waals surface area contributed by atoms with Gasteiger partial charge >= 0.3 is 0 Å². The number of anilines is 1. The van der Waals surface area contributed by atoms with Crippen molar-refractivity contribution in [1.82, 2.24) is 0 Å². The Kier molecular flexibility index (Phi) is 2.25. The number of benzene rings is 1. The highest BCUT2D eigenvalue weighted by Gasteiger charge is 2.10. The molecule has 0 radical (unpaired) electrons. The van der Waals surface area contributed by atoms with Crippen molar-refractivity contribution in [1.29, 1.82) is 0 Å². The SMILES string of the molecule is Cl.Nc1ccc2c(c1)OCC2. The second-order valence-corrected chi connectivity index (χ2v) is 2.47. The molecule has 0 spiro atoms. The van der Waals surface area contributed by atoms with Crippen LogP contribution in [0.15, 0.2) is 18.2 Å². The highest BCUT2D eigenvalue weighted by atomic mass is 35.5. The van der Waals surface area contributed by atoms with Crippen LogP contribution in [0.5, 0.6) is 5.75 Å². The number of hydrogen-bond donors (Lipinski definition) is 1. The summed E-state index contributed by atoms with van der Waals surface area (Å²) in [6.45, 7) is 0.804. The molecule has 0 saturated heterocycles. The van der Waals surface area contributed by atoms with Gasteiger partial charge in [-0.1, -0.05) is 6.07 Å². The molecular formula is C8H10ClNO. The van der Waals surface area contributed by atoms with Crippen LogP contribution in [-0.2, 0) is 6.42 Å². The summed E-state index contributed by atoms with van der Waals surface area (Å²) in [5.41, 5.74) is 7.60. The molecule has 0 saturated carbocycles. The normalized spacial score (nSPS) is 13.1. The average molecular weight is 172 g/mol. The minimum Gasteiger partial charge on any atom is -0.493 e. The van der Waals surface area contributed by atoms with Gasteiger partial charge in [0.05, 0.1) is 6.61 Å². The zero-order valence-corrected chi connectivity index (χ0v) is 6.86. The van der Waals surface area contributed by atoms with E-state index >= 15 is 0 Å². The topological polar surface area (TPSA) is 35.2 Å². The lowest BCUT2D eigenvalue weighted by molar-refractivity contribution is 0.357. The van der Waals surface area contributed by atoms with Crippen molar-refractivity contribution in [2.75, 3.05) is 12.3 Å². The van der Waals surface area contributed by atoms with Crippen LogP contribution in [0, 0.1) is 0 Å². The third kappa shape index (κ3) is 1.40. The van der Waals surface area contributed by atoms with Gasteiger partial charge in [0.25, 0.3) is 0 Å². The average Bonchev–Trinajstić information content (AvgIpc) is 2.33. The van der Waals surface area contributed by atoms with Gasteiger partial charge < -0.3 is 10.5 Å². The van der Waals surface area contributed by atoms with E-state index in [1.165, 1.54) is 5.56 Å². The monoisotopic (exact) mass is 171 g/mol. The third-order valence-electron chi connectivity index (χ3n) is 1.72. The third-order valence-corrected chi connectivity index (χ3v) is 1.72. The smallest absolute Gasteiger partial charge is 0.124 e. The van der Waals surface area contributed by atoms with E-state index in [0.717, 1.165) is 24.5 Å². The second-order valence-electron chi connectivity index (χ2n) is 2.47. The molecule has 0 bridgehead atoms. The molecule has 0 aromatic heterocycles. The molecule has 0 atom stereocenters. The van der Waals surface area contributed by atoms with Crippen molar-refractivity contribution < 1.29 is 4.74 Å². The van der Waals surface area contributed by atoms with Gasteiger partial charge in [0.1, 0.15) is 5.75 Å². The molecule has 2 nitrogen and oxygen atoms in total. The Hall–Kier alpha value is -0.890. The summed E-state index contributed by atoms with van der Waals surface area (Å²) in [5, 5.41) is 0. The van der Waals surface area contributed by atoms with E-state index in [4.69, 9.17) is 10.5 Å². The summed E-state index contributed by atoms with van der Waals surface area (Å²) in [7, 11) is 0. The van der Waals surface area contributed by atoms with Gasteiger partial charge in [-0.3, -0.25) is 0 Å². The number of fused-ring (bicyclic) bond motifs is 1. The predicted octanol–water partition coefficient (Wildman–Crippen LogP) is 1.63. The highest BCUT2D eigenvalue weighted by molar-refractivity contribution is 5.85. The summed E-state index contributed by atoms with van der Waals surface area (Å²) < 4.78 is 5.30. The molecule has 0 aliphatic carbocycles. The number of nitrogens with two attached hydrogens (primary N) is 1. The molecule has 0 amide bonds. The maximum absolute atomic E-state index is 5.55. The summed E-state index contributed by atoms with van der Waals surface area (Å²) in [5.74, 6) is 0.958. The fourth-order valence-electron chi connectivity index (χ4n) is 1.18. The Labute approximate surface area is 71.8 Å². The van der Waals surface area contributed by atoms with Gasteiger partial charge in [-0.25, -0.2) is 0 Å². The Morgan fingerprint density at radius 2 is 2.18 bits per heavy atom. The molecule has 0 unspecified atom stereocenters. The molecule has 2 rings (SSSR count). The number of nitrogen functional groups attached to an aromatic ring is 1. The Morgan fingerprint density at radius 3 is 3.00 bits per heavy atom. The molecule has 1 aromatic carbocycles. The minimum absolute atomic E-state index is 0. The molecule has 0 fully saturated rings. The lowest BCUT2D eigenvalue weighted by Crippen LogP contribution is -1.87. The van der Waals surface area contributed by atoms with Crippen molar-refractivity contribution in [3.63, 3.8) is 0 Å². The lowest BCUT2D eigenvalue weighted by atomic mass is 10.1. The second kappa shape index (κ2) is 3.01. The summed E-state index contributed by atoms with van der Waals surface area (Å²) >= 11 is 0. The Bertz CT molecular complexity index is 262. The molecule has 1 aliphatic rings. The minimum atomic E-state index is 0. The van der Waals surface area contributed by atoms with E-state index in [2.05, 4.69) is 0 Å². The van der Waals surface area contributed by atoms with Gasteiger partial charge in [0, 0.05) is 18.2 Å². The van der Waals surface area contributed by atoms with Crippen LogP contribution in [0.1, 0.15) is 5.56 Å². The quantitative estimate of drug-likeness (QED) is 0.603. The van der Waals surface area contributed by atoms with E-state index in [1.54, 1.807) is 0 Å². The largest absolute Gasteiger partial charge is 0.493 e. The molecule has 3 heteroatoms. The number of ether oxygens (including phenoxy) is 1. The zero-order valence-electron chi connectivity index (χ0n) is 6.04. The van der Waals surface area contributed by atoms with Crippen molar-refractivity contribution in [2.24, 2.45) is 0 Å². The van der Waals surface area contributed by atoms with Crippen LogP contribution < -0.4 is 10.5 Å². The first-order valence-electron chi connectivity index (χ1n) is 3.37. The van der Waals surface area contributed by atoms with Crippen molar-refractivity contribution in [3.05, 3.63) is 23.8 Å². The van der Waals surface area contributed by atoms with Crippen LogP contribution in [0.4, 0.5) is 5.69 Å². The standard InChI is InChI=1S/C8H9NO.ClH/c9-7-2-1-6-3-4-10-8(6)5-7;/h1-2,5H,3-4,9H2;1H.